The average molecular weight is 397 g/mol. The van der Waals surface area contributed by atoms with Gasteiger partial charge in [0.1, 0.15) is 13.2 Å². The molecule has 0 heterocycles. The van der Waals surface area contributed by atoms with Crippen LogP contribution in [0.25, 0.3) is 0 Å². The van der Waals surface area contributed by atoms with Crippen molar-refractivity contribution in [3.8, 4) is 0 Å². The van der Waals surface area contributed by atoms with Crippen LogP contribution in [-0.4, -0.2) is 37.6 Å². The zero-order valence-electron chi connectivity index (χ0n) is 16.5. The molecule has 0 bridgehead atoms. The van der Waals surface area contributed by atoms with Crippen molar-refractivity contribution in [3.05, 3.63) is 71.8 Å². The lowest BCUT2D eigenvalue weighted by molar-refractivity contribution is -0.145. The molecule has 29 heavy (non-hydrogen) atoms. The summed E-state index contributed by atoms with van der Waals surface area (Å²) in [5.74, 6) is -0.870. The maximum absolute atomic E-state index is 11.7. The van der Waals surface area contributed by atoms with Crippen LogP contribution in [0, 0.1) is 0 Å². The molecule has 0 saturated heterocycles. The third kappa shape index (κ3) is 10.1. The highest BCUT2D eigenvalue weighted by Crippen LogP contribution is 2.04. The summed E-state index contributed by atoms with van der Waals surface area (Å²) in [4.78, 5) is 35.1. The van der Waals surface area contributed by atoms with Gasteiger partial charge in [-0.1, -0.05) is 60.7 Å². The first-order valence-electron chi connectivity index (χ1n) is 9.79. The molecule has 2 aromatic carbocycles. The van der Waals surface area contributed by atoms with E-state index in [0.29, 0.717) is 19.3 Å². The number of aryl methyl sites for hydroxylation is 2. The van der Waals surface area contributed by atoms with Gasteiger partial charge in [0.15, 0.2) is 0 Å². The van der Waals surface area contributed by atoms with Crippen LogP contribution in [0.3, 0.4) is 0 Å². The number of carbonyl (C=O) groups excluding carboxylic acids is 3. The van der Waals surface area contributed by atoms with Gasteiger partial charge in [0, 0.05) is 12.8 Å². The molecule has 0 spiro atoms. The Morgan fingerprint density at radius 2 is 1.14 bits per heavy atom. The van der Waals surface area contributed by atoms with Crippen molar-refractivity contribution in [1.29, 1.82) is 0 Å². The largest absolute Gasteiger partial charge is 0.465 e. The van der Waals surface area contributed by atoms with E-state index in [1.54, 1.807) is 0 Å². The number of benzene rings is 2. The second kappa shape index (κ2) is 13.1. The van der Waals surface area contributed by atoms with Gasteiger partial charge in [0.05, 0.1) is 13.0 Å². The Morgan fingerprint density at radius 3 is 1.66 bits per heavy atom. The minimum atomic E-state index is -0.325. The van der Waals surface area contributed by atoms with Gasteiger partial charge >= 0.3 is 11.9 Å². The fraction of sp³-hybridized carbons (Fsp3) is 0.348. The molecule has 0 unspecified atom stereocenters. The average Bonchev–Trinajstić information content (AvgIpc) is 2.75. The van der Waals surface area contributed by atoms with Crippen LogP contribution >= 0.6 is 0 Å². The van der Waals surface area contributed by atoms with Crippen molar-refractivity contribution >= 4 is 17.8 Å². The Labute approximate surface area is 171 Å². The van der Waals surface area contributed by atoms with Crippen molar-refractivity contribution in [3.63, 3.8) is 0 Å². The van der Waals surface area contributed by atoms with Gasteiger partial charge in [-0.25, -0.2) is 0 Å². The molecular formula is C23H27NO5. The minimum Gasteiger partial charge on any atom is -0.465 e. The van der Waals surface area contributed by atoms with E-state index in [1.165, 1.54) is 0 Å². The Balaban J connectivity index is 1.46. The van der Waals surface area contributed by atoms with Crippen molar-refractivity contribution in [2.24, 2.45) is 0 Å². The summed E-state index contributed by atoms with van der Waals surface area (Å²) >= 11 is 0. The van der Waals surface area contributed by atoms with E-state index in [-0.39, 0.29) is 50.4 Å². The summed E-state index contributed by atoms with van der Waals surface area (Å²) in [7, 11) is 0. The molecular weight excluding hydrogens is 370 g/mol. The summed E-state index contributed by atoms with van der Waals surface area (Å²) in [6.07, 6.45) is 1.91. The van der Waals surface area contributed by atoms with E-state index >= 15 is 0 Å². The van der Waals surface area contributed by atoms with Gasteiger partial charge in [-0.15, -0.1) is 0 Å². The summed E-state index contributed by atoms with van der Waals surface area (Å²) in [6, 6.07) is 19.4. The molecule has 0 aliphatic heterocycles. The zero-order valence-corrected chi connectivity index (χ0v) is 16.5. The number of hydrogen-bond acceptors (Lipinski definition) is 5. The molecule has 0 saturated carbocycles. The molecule has 154 valence electrons. The third-order valence-electron chi connectivity index (χ3n) is 4.20. The topological polar surface area (TPSA) is 81.7 Å². The molecule has 6 heteroatoms. The molecule has 1 N–H and O–H groups in total. The third-order valence-corrected chi connectivity index (χ3v) is 4.20. The van der Waals surface area contributed by atoms with Crippen LogP contribution in [0.4, 0.5) is 0 Å². The molecule has 2 rings (SSSR count). The lowest BCUT2D eigenvalue weighted by atomic mass is 10.1. The summed E-state index contributed by atoms with van der Waals surface area (Å²) < 4.78 is 10.2. The van der Waals surface area contributed by atoms with E-state index in [2.05, 4.69) is 5.32 Å². The highest BCUT2D eigenvalue weighted by molar-refractivity contribution is 5.76. The van der Waals surface area contributed by atoms with Gasteiger partial charge < -0.3 is 14.8 Å². The lowest BCUT2D eigenvalue weighted by Gasteiger charge is -2.08. The summed E-state index contributed by atoms with van der Waals surface area (Å²) in [5, 5.41) is 2.64. The molecule has 0 atom stereocenters. The molecule has 6 nitrogen and oxygen atoms in total. The quantitative estimate of drug-likeness (QED) is 0.440. The smallest absolute Gasteiger partial charge is 0.306 e. The maximum atomic E-state index is 11.7. The Morgan fingerprint density at radius 1 is 0.655 bits per heavy atom. The molecule has 0 aliphatic carbocycles. The van der Waals surface area contributed by atoms with E-state index < -0.39 is 0 Å². The Hall–Kier alpha value is -3.15. The van der Waals surface area contributed by atoms with Crippen LogP contribution in [0.1, 0.15) is 30.4 Å². The summed E-state index contributed by atoms with van der Waals surface area (Å²) in [6.45, 7) is 0.393. The van der Waals surface area contributed by atoms with Gasteiger partial charge in [0.2, 0.25) is 5.91 Å². The normalized spacial score (nSPS) is 10.2. The second-order valence-electron chi connectivity index (χ2n) is 6.51. The van der Waals surface area contributed by atoms with Gasteiger partial charge in [-0.3, -0.25) is 14.4 Å². The summed E-state index contributed by atoms with van der Waals surface area (Å²) in [5.41, 5.74) is 2.15. The molecule has 1 amide bonds. The zero-order chi connectivity index (χ0) is 20.7. The molecule has 2 aromatic rings. The number of amides is 1. The van der Waals surface area contributed by atoms with Crippen LogP contribution in [0.5, 0.6) is 0 Å². The minimum absolute atomic E-state index is 0.0380. The lowest BCUT2D eigenvalue weighted by Crippen LogP contribution is -2.29. The predicted octanol–water partition coefficient (Wildman–Crippen LogP) is 2.84. The molecule has 0 radical (unpaired) electrons. The van der Waals surface area contributed by atoms with E-state index in [4.69, 9.17) is 9.47 Å². The van der Waals surface area contributed by atoms with Crippen molar-refractivity contribution in [1.82, 2.24) is 5.32 Å². The van der Waals surface area contributed by atoms with Crippen molar-refractivity contribution in [2.75, 3.05) is 19.8 Å². The van der Waals surface area contributed by atoms with Gasteiger partial charge in [-0.05, 0) is 24.0 Å². The molecule has 0 fully saturated rings. The Kier molecular flexibility index (Phi) is 10.0. The first-order chi connectivity index (χ1) is 14.1. The second-order valence-corrected chi connectivity index (χ2v) is 6.51. The number of ether oxygens (including phenoxy) is 2. The van der Waals surface area contributed by atoms with Crippen LogP contribution in [0.2, 0.25) is 0 Å². The van der Waals surface area contributed by atoms with E-state index in [0.717, 1.165) is 11.1 Å². The van der Waals surface area contributed by atoms with Crippen LogP contribution in [0.15, 0.2) is 60.7 Å². The number of nitrogens with one attached hydrogen (secondary N) is 1. The number of hydrogen-bond donors (Lipinski definition) is 1. The first-order valence-corrected chi connectivity index (χ1v) is 9.79. The number of rotatable bonds is 12. The van der Waals surface area contributed by atoms with Crippen molar-refractivity contribution < 1.29 is 23.9 Å². The van der Waals surface area contributed by atoms with E-state index in [9.17, 15) is 14.4 Å². The molecule has 0 aliphatic rings. The van der Waals surface area contributed by atoms with Crippen LogP contribution < -0.4 is 5.32 Å². The number of esters is 2. The van der Waals surface area contributed by atoms with Gasteiger partial charge in [0.25, 0.3) is 0 Å². The molecule has 0 aromatic heterocycles. The maximum Gasteiger partial charge on any atom is 0.306 e. The first kappa shape index (κ1) is 22.1. The van der Waals surface area contributed by atoms with Crippen molar-refractivity contribution in [2.45, 2.75) is 32.1 Å². The fourth-order valence-electron chi connectivity index (χ4n) is 2.63. The van der Waals surface area contributed by atoms with E-state index in [1.807, 2.05) is 60.7 Å². The SMILES string of the molecule is O=C(CCOC(=O)CCc1ccccc1)NCCOC(=O)CCc1ccccc1. The predicted molar refractivity (Wildman–Crippen MR) is 109 cm³/mol. The van der Waals surface area contributed by atoms with Crippen LogP contribution in [-0.2, 0) is 36.7 Å². The highest BCUT2D eigenvalue weighted by atomic mass is 16.5. The highest BCUT2D eigenvalue weighted by Gasteiger charge is 2.07. The Bertz CT molecular complexity index is 761. The fourth-order valence-corrected chi connectivity index (χ4v) is 2.63. The monoisotopic (exact) mass is 397 g/mol. The standard InChI is InChI=1S/C23H27NO5/c25-21(15-17-28-22(26)13-11-19-7-3-1-4-8-19)24-16-18-29-23(27)14-12-20-9-5-2-6-10-20/h1-10H,11-18H2,(H,24,25). The van der Waals surface area contributed by atoms with Gasteiger partial charge in [-0.2, -0.15) is 0 Å². The number of carbonyl (C=O) groups is 3.